The first-order valence-electron chi connectivity index (χ1n) is 8.13. The smallest absolute Gasteiger partial charge is 0.273 e. The number of carbonyl (C=O) groups is 1. The number of nitrogens with one attached hydrogen (secondary N) is 1. The van der Waals surface area contributed by atoms with E-state index >= 15 is 0 Å². The van der Waals surface area contributed by atoms with Crippen molar-refractivity contribution in [2.45, 2.75) is 6.92 Å². The summed E-state index contributed by atoms with van der Waals surface area (Å²) in [4.78, 5) is 17.2. The van der Waals surface area contributed by atoms with Gasteiger partial charge in [-0.25, -0.2) is 4.98 Å². The lowest BCUT2D eigenvalue weighted by Crippen LogP contribution is -2.17. The Morgan fingerprint density at radius 1 is 0.960 bits per heavy atom. The monoisotopic (exact) mass is 327 g/mol. The van der Waals surface area contributed by atoms with Crippen molar-refractivity contribution in [1.82, 2.24) is 9.55 Å². The van der Waals surface area contributed by atoms with Crippen molar-refractivity contribution in [3.8, 4) is 5.69 Å². The Balaban J connectivity index is 1.84. The Bertz CT molecular complexity index is 1050. The number of benzene rings is 2. The highest BCUT2D eigenvalue weighted by Crippen LogP contribution is 2.25. The van der Waals surface area contributed by atoms with Crippen molar-refractivity contribution < 1.29 is 4.79 Å². The number of nitrogens with zero attached hydrogens (tertiary/aromatic N) is 2. The fourth-order valence-electron chi connectivity index (χ4n) is 2.97. The summed E-state index contributed by atoms with van der Waals surface area (Å²) in [6.07, 6.45) is 1.68. The fourth-order valence-corrected chi connectivity index (χ4v) is 2.97. The van der Waals surface area contributed by atoms with E-state index in [4.69, 9.17) is 0 Å². The molecule has 122 valence electrons. The molecule has 0 fully saturated rings. The van der Waals surface area contributed by atoms with E-state index in [2.05, 4.69) is 10.3 Å². The van der Waals surface area contributed by atoms with Crippen LogP contribution in [0.5, 0.6) is 0 Å². The summed E-state index contributed by atoms with van der Waals surface area (Å²) in [5.74, 6) is 0.402. The van der Waals surface area contributed by atoms with Gasteiger partial charge in [-0.15, -0.1) is 0 Å². The zero-order chi connectivity index (χ0) is 17.2. The summed E-state index contributed by atoms with van der Waals surface area (Å²) in [6.45, 7) is 1.93. The van der Waals surface area contributed by atoms with Gasteiger partial charge in [-0.05, 0) is 42.8 Å². The predicted octanol–water partition coefficient (Wildman–Crippen LogP) is 4.59. The third kappa shape index (κ3) is 2.78. The van der Waals surface area contributed by atoms with E-state index in [1.54, 1.807) is 6.20 Å². The van der Waals surface area contributed by atoms with Crippen LogP contribution in [0.25, 0.3) is 16.6 Å². The molecule has 1 N–H and O–H groups in total. The summed E-state index contributed by atoms with van der Waals surface area (Å²) >= 11 is 0. The van der Waals surface area contributed by atoms with Crippen LogP contribution in [0.15, 0.2) is 79.0 Å². The fraction of sp³-hybridized carbons (Fsp3) is 0.0476. The van der Waals surface area contributed by atoms with Crippen molar-refractivity contribution in [3.05, 3.63) is 90.3 Å². The molecule has 2 aromatic carbocycles. The largest absolute Gasteiger partial charge is 0.305 e. The molecular weight excluding hydrogens is 310 g/mol. The zero-order valence-electron chi connectivity index (χ0n) is 13.8. The van der Waals surface area contributed by atoms with Gasteiger partial charge in [-0.1, -0.05) is 42.5 Å². The first-order chi connectivity index (χ1) is 12.2. The average Bonchev–Trinajstić information content (AvgIpc) is 3.04. The Kier molecular flexibility index (Phi) is 3.78. The Morgan fingerprint density at radius 3 is 2.52 bits per heavy atom. The Morgan fingerprint density at radius 2 is 1.72 bits per heavy atom. The van der Waals surface area contributed by atoms with Crippen molar-refractivity contribution >= 4 is 22.6 Å². The number of amides is 1. The molecule has 0 saturated carbocycles. The summed E-state index contributed by atoms with van der Waals surface area (Å²) in [5, 5.41) is 3.95. The highest BCUT2D eigenvalue weighted by atomic mass is 16.2. The number of pyridine rings is 1. The number of hydrogen-bond acceptors (Lipinski definition) is 2. The van der Waals surface area contributed by atoms with Gasteiger partial charge >= 0.3 is 0 Å². The molecule has 0 aliphatic carbocycles. The molecule has 4 rings (SSSR count). The third-order valence-corrected chi connectivity index (χ3v) is 4.20. The molecule has 0 spiro atoms. The van der Waals surface area contributed by atoms with E-state index < -0.39 is 0 Å². The van der Waals surface area contributed by atoms with Gasteiger partial charge < -0.3 is 9.88 Å². The minimum atomic E-state index is -0.179. The number of aryl methyl sites for hydroxylation is 1. The Labute approximate surface area is 145 Å². The summed E-state index contributed by atoms with van der Waals surface area (Å²) in [6, 6.07) is 23.6. The number of fused-ring (bicyclic) bond motifs is 1. The van der Waals surface area contributed by atoms with Crippen LogP contribution in [0.4, 0.5) is 5.82 Å². The van der Waals surface area contributed by atoms with Crippen LogP contribution in [-0.2, 0) is 0 Å². The van der Waals surface area contributed by atoms with Gasteiger partial charge in [0.15, 0.2) is 0 Å². The van der Waals surface area contributed by atoms with E-state index in [0.717, 1.165) is 22.2 Å². The number of carbonyl (C=O) groups excluding carboxylic acids is 1. The highest BCUT2D eigenvalue weighted by Gasteiger charge is 2.17. The maximum absolute atomic E-state index is 13.0. The molecular formula is C21H17N3O. The van der Waals surface area contributed by atoms with Gasteiger partial charge in [0.05, 0.1) is 5.52 Å². The minimum Gasteiger partial charge on any atom is -0.305 e. The average molecular weight is 327 g/mol. The highest BCUT2D eigenvalue weighted by molar-refractivity contribution is 6.07. The third-order valence-electron chi connectivity index (χ3n) is 4.20. The van der Waals surface area contributed by atoms with Crippen molar-refractivity contribution in [2.75, 3.05) is 5.32 Å². The van der Waals surface area contributed by atoms with E-state index in [1.165, 1.54) is 0 Å². The molecule has 0 atom stereocenters. The second kappa shape index (κ2) is 6.24. The Hall–Kier alpha value is -3.40. The van der Waals surface area contributed by atoms with Crippen LogP contribution in [0.2, 0.25) is 0 Å². The van der Waals surface area contributed by atoms with Crippen LogP contribution in [0.3, 0.4) is 0 Å². The molecule has 2 heterocycles. The molecule has 0 aliphatic heterocycles. The SMILES string of the molecule is Cc1cccnc1NC(=O)c1cc2ccccc2n1-c1ccccc1. The van der Waals surface area contributed by atoms with Gasteiger partial charge in [-0.3, -0.25) is 4.79 Å². The molecule has 4 heteroatoms. The van der Waals surface area contributed by atoms with Crippen molar-refractivity contribution in [2.24, 2.45) is 0 Å². The molecule has 2 aromatic heterocycles. The van der Waals surface area contributed by atoms with Gasteiger partial charge in [0.25, 0.3) is 5.91 Å². The number of para-hydroxylation sites is 2. The molecule has 0 bridgehead atoms. The second-order valence-electron chi connectivity index (χ2n) is 5.88. The lowest BCUT2D eigenvalue weighted by Gasteiger charge is -2.11. The molecule has 0 aliphatic rings. The summed E-state index contributed by atoms with van der Waals surface area (Å²) < 4.78 is 1.98. The normalized spacial score (nSPS) is 10.8. The van der Waals surface area contributed by atoms with Crippen LogP contribution < -0.4 is 5.32 Å². The second-order valence-corrected chi connectivity index (χ2v) is 5.88. The standard InChI is InChI=1S/C21H17N3O/c1-15-8-7-13-22-20(15)23-21(25)19-14-16-9-5-6-12-18(16)24(19)17-10-3-2-4-11-17/h2-14H,1H3,(H,22,23,25). The quantitative estimate of drug-likeness (QED) is 0.598. The summed E-state index contributed by atoms with van der Waals surface area (Å²) in [7, 11) is 0. The van der Waals surface area contributed by atoms with Gasteiger partial charge in [0.2, 0.25) is 0 Å². The minimum absolute atomic E-state index is 0.179. The molecule has 25 heavy (non-hydrogen) atoms. The molecule has 0 radical (unpaired) electrons. The zero-order valence-corrected chi connectivity index (χ0v) is 13.8. The van der Waals surface area contributed by atoms with E-state index in [-0.39, 0.29) is 5.91 Å². The van der Waals surface area contributed by atoms with Crippen LogP contribution in [-0.4, -0.2) is 15.5 Å². The van der Waals surface area contributed by atoms with Crippen LogP contribution in [0.1, 0.15) is 16.1 Å². The molecule has 4 nitrogen and oxygen atoms in total. The predicted molar refractivity (Wildman–Crippen MR) is 100 cm³/mol. The molecule has 4 aromatic rings. The number of rotatable bonds is 3. The maximum atomic E-state index is 13.0. The van der Waals surface area contributed by atoms with Crippen LogP contribution >= 0.6 is 0 Å². The lowest BCUT2D eigenvalue weighted by molar-refractivity contribution is 0.102. The van der Waals surface area contributed by atoms with Crippen LogP contribution in [0, 0.1) is 6.92 Å². The first-order valence-corrected chi connectivity index (χ1v) is 8.13. The van der Waals surface area contributed by atoms with Crippen molar-refractivity contribution in [3.63, 3.8) is 0 Å². The van der Waals surface area contributed by atoms with Crippen molar-refractivity contribution in [1.29, 1.82) is 0 Å². The molecule has 0 unspecified atom stereocenters. The lowest BCUT2D eigenvalue weighted by atomic mass is 10.2. The topological polar surface area (TPSA) is 46.9 Å². The number of hydrogen-bond donors (Lipinski definition) is 1. The maximum Gasteiger partial charge on any atom is 0.273 e. The van der Waals surface area contributed by atoms with Gasteiger partial charge in [0.1, 0.15) is 11.5 Å². The molecule has 1 amide bonds. The van der Waals surface area contributed by atoms with Gasteiger partial charge in [0, 0.05) is 17.3 Å². The van der Waals surface area contributed by atoms with E-state index in [1.807, 2.05) is 84.3 Å². The molecule has 0 saturated heterocycles. The number of anilines is 1. The van der Waals surface area contributed by atoms with Gasteiger partial charge in [-0.2, -0.15) is 0 Å². The first kappa shape index (κ1) is 15.1. The number of aromatic nitrogens is 2. The summed E-state index contributed by atoms with van der Waals surface area (Å²) in [5.41, 5.74) is 3.46. The van der Waals surface area contributed by atoms with E-state index in [0.29, 0.717) is 11.5 Å². The van der Waals surface area contributed by atoms with E-state index in [9.17, 15) is 4.79 Å².